The maximum Gasteiger partial charge on any atom is 0.124 e. The lowest BCUT2D eigenvalue weighted by Crippen LogP contribution is -2.43. The molecule has 1 aromatic heterocycles. The third kappa shape index (κ3) is 2.14. The summed E-state index contributed by atoms with van der Waals surface area (Å²) in [6, 6.07) is 12.0. The number of para-hydroxylation sites is 1. The standard InChI is InChI=1S/C14H14ClNOS/c15-13-6-5-10(18-13)9-14(16)7-8-17-12-4-2-1-3-11(12)14/h1-6H,7-9,16H2. The van der Waals surface area contributed by atoms with Gasteiger partial charge < -0.3 is 10.5 Å². The van der Waals surface area contributed by atoms with E-state index in [1.165, 1.54) is 4.88 Å². The second kappa shape index (κ2) is 4.57. The Balaban J connectivity index is 1.95. The third-order valence-corrected chi connectivity index (χ3v) is 4.58. The molecule has 0 saturated carbocycles. The zero-order chi connectivity index (χ0) is 12.6. The van der Waals surface area contributed by atoms with E-state index < -0.39 is 0 Å². The lowest BCUT2D eigenvalue weighted by molar-refractivity contribution is 0.216. The molecule has 2 aromatic rings. The molecule has 2 N–H and O–H groups in total. The molecule has 0 aliphatic carbocycles. The minimum Gasteiger partial charge on any atom is -0.493 e. The minimum atomic E-state index is -0.344. The molecule has 18 heavy (non-hydrogen) atoms. The van der Waals surface area contributed by atoms with Crippen molar-refractivity contribution < 1.29 is 4.74 Å². The number of hydrogen-bond acceptors (Lipinski definition) is 3. The first-order valence-corrected chi connectivity index (χ1v) is 7.12. The number of hydrogen-bond donors (Lipinski definition) is 1. The number of fused-ring (bicyclic) bond motifs is 1. The smallest absolute Gasteiger partial charge is 0.124 e. The average molecular weight is 280 g/mol. The Hall–Kier alpha value is -1.03. The molecule has 0 amide bonds. The average Bonchev–Trinajstić information content (AvgIpc) is 2.75. The van der Waals surface area contributed by atoms with Crippen molar-refractivity contribution in [2.24, 2.45) is 5.73 Å². The zero-order valence-corrected chi connectivity index (χ0v) is 11.4. The number of thiophene rings is 1. The second-order valence-electron chi connectivity index (χ2n) is 4.63. The molecule has 3 rings (SSSR count). The summed E-state index contributed by atoms with van der Waals surface area (Å²) in [4.78, 5) is 1.22. The molecule has 0 bridgehead atoms. The Morgan fingerprint density at radius 3 is 2.89 bits per heavy atom. The Bertz CT molecular complexity index is 568. The first-order chi connectivity index (χ1) is 8.67. The highest BCUT2D eigenvalue weighted by Crippen LogP contribution is 2.38. The molecule has 2 nitrogen and oxygen atoms in total. The first-order valence-electron chi connectivity index (χ1n) is 5.93. The maximum absolute atomic E-state index is 6.60. The lowest BCUT2D eigenvalue weighted by atomic mass is 9.82. The summed E-state index contributed by atoms with van der Waals surface area (Å²) >= 11 is 7.58. The Labute approximate surface area is 115 Å². The normalized spacial score (nSPS) is 22.3. The first kappa shape index (κ1) is 12.0. The van der Waals surface area contributed by atoms with Crippen molar-refractivity contribution in [1.82, 2.24) is 0 Å². The highest BCUT2D eigenvalue weighted by atomic mass is 35.5. The predicted octanol–water partition coefficient (Wildman–Crippen LogP) is 3.58. The van der Waals surface area contributed by atoms with E-state index in [4.69, 9.17) is 22.1 Å². The summed E-state index contributed by atoms with van der Waals surface area (Å²) in [5.74, 6) is 0.911. The number of rotatable bonds is 2. The molecule has 0 radical (unpaired) electrons. The molecule has 0 saturated heterocycles. The van der Waals surface area contributed by atoms with E-state index in [2.05, 4.69) is 12.1 Å². The summed E-state index contributed by atoms with van der Waals surface area (Å²) in [5, 5.41) is 0. The molecule has 94 valence electrons. The molecule has 0 fully saturated rings. The lowest BCUT2D eigenvalue weighted by Gasteiger charge is -2.35. The van der Waals surface area contributed by atoms with Gasteiger partial charge in [-0.1, -0.05) is 29.8 Å². The third-order valence-electron chi connectivity index (χ3n) is 3.35. The van der Waals surface area contributed by atoms with Crippen LogP contribution in [0.3, 0.4) is 0 Å². The van der Waals surface area contributed by atoms with Crippen LogP contribution in [0.15, 0.2) is 36.4 Å². The van der Waals surface area contributed by atoms with Gasteiger partial charge in [0.1, 0.15) is 5.75 Å². The number of nitrogens with two attached hydrogens (primary N) is 1. The van der Waals surface area contributed by atoms with Crippen molar-refractivity contribution in [3.8, 4) is 5.75 Å². The van der Waals surface area contributed by atoms with Crippen LogP contribution in [0.2, 0.25) is 4.34 Å². The Morgan fingerprint density at radius 2 is 2.11 bits per heavy atom. The van der Waals surface area contributed by atoms with E-state index >= 15 is 0 Å². The Morgan fingerprint density at radius 1 is 1.28 bits per heavy atom. The molecule has 1 aliphatic rings. The van der Waals surface area contributed by atoms with Crippen molar-refractivity contribution in [3.05, 3.63) is 51.2 Å². The van der Waals surface area contributed by atoms with Crippen LogP contribution in [-0.2, 0) is 12.0 Å². The van der Waals surface area contributed by atoms with Gasteiger partial charge in [0, 0.05) is 23.3 Å². The van der Waals surface area contributed by atoms with Crippen molar-refractivity contribution in [3.63, 3.8) is 0 Å². The fraction of sp³-hybridized carbons (Fsp3) is 0.286. The summed E-state index contributed by atoms with van der Waals surface area (Å²) < 4.78 is 6.47. The van der Waals surface area contributed by atoms with Crippen LogP contribution in [0.25, 0.3) is 0 Å². The fourth-order valence-electron chi connectivity index (χ4n) is 2.42. The van der Waals surface area contributed by atoms with Gasteiger partial charge in [0.15, 0.2) is 0 Å². The SMILES string of the molecule is NC1(Cc2ccc(Cl)s2)CCOc2ccccc21. The van der Waals surface area contributed by atoms with Crippen molar-refractivity contribution in [2.45, 2.75) is 18.4 Å². The number of benzene rings is 1. The van der Waals surface area contributed by atoms with Crippen LogP contribution in [0.1, 0.15) is 16.9 Å². The van der Waals surface area contributed by atoms with Crippen LogP contribution in [0, 0.1) is 0 Å². The van der Waals surface area contributed by atoms with Crippen molar-refractivity contribution in [2.75, 3.05) is 6.61 Å². The van der Waals surface area contributed by atoms with E-state index in [0.717, 1.165) is 28.5 Å². The molecule has 1 aliphatic heterocycles. The quantitative estimate of drug-likeness (QED) is 0.912. The monoisotopic (exact) mass is 279 g/mol. The van der Waals surface area contributed by atoms with Gasteiger partial charge >= 0.3 is 0 Å². The fourth-order valence-corrected chi connectivity index (χ4v) is 3.64. The van der Waals surface area contributed by atoms with Crippen molar-refractivity contribution in [1.29, 1.82) is 0 Å². The van der Waals surface area contributed by atoms with E-state index in [1.54, 1.807) is 11.3 Å². The summed E-state index contributed by atoms with van der Waals surface area (Å²) in [5.41, 5.74) is 7.35. The highest BCUT2D eigenvalue weighted by Gasteiger charge is 2.34. The van der Waals surface area contributed by atoms with Crippen molar-refractivity contribution >= 4 is 22.9 Å². The van der Waals surface area contributed by atoms with Gasteiger partial charge in [0.25, 0.3) is 0 Å². The number of ether oxygens (including phenoxy) is 1. The van der Waals surface area contributed by atoms with Gasteiger partial charge in [0.05, 0.1) is 16.5 Å². The van der Waals surface area contributed by atoms with Gasteiger partial charge in [-0.3, -0.25) is 0 Å². The van der Waals surface area contributed by atoms with Gasteiger partial charge in [0.2, 0.25) is 0 Å². The van der Waals surface area contributed by atoms with Crippen LogP contribution < -0.4 is 10.5 Å². The van der Waals surface area contributed by atoms with Gasteiger partial charge in [-0.05, 0) is 18.2 Å². The van der Waals surface area contributed by atoms with Gasteiger partial charge in [-0.2, -0.15) is 0 Å². The zero-order valence-electron chi connectivity index (χ0n) is 9.86. The van der Waals surface area contributed by atoms with Gasteiger partial charge in [-0.15, -0.1) is 11.3 Å². The van der Waals surface area contributed by atoms with E-state index in [0.29, 0.717) is 6.61 Å². The number of halogens is 1. The molecule has 4 heteroatoms. The van der Waals surface area contributed by atoms with Crippen LogP contribution in [-0.4, -0.2) is 6.61 Å². The van der Waals surface area contributed by atoms with E-state index in [9.17, 15) is 0 Å². The molecule has 0 spiro atoms. The summed E-state index contributed by atoms with van der Waals surface area (Å²) in [6.45, 7) is 0.673. The summed E-state index contributed by atoms with van der Waals surface area (Å²) in [6.07, 6.45) is 1.64. The topological polar surface area (TPSA) is 35.2 Å². The molecule has 1 atom stereocenters. The largest absolute Gasteiger partial charge is 0.493 e. The minimum absolute atomic E-state index is 0.344. The molecule has 2 heterocycles. The van der Waals surface area contributed by atoms with Crippen LogP contribution in [0.5, 0.6) is 5.75 Å². The maximum atomic E-state index is 6.60. The molecular weight excluding hydrogens is 266 g/mol. The van der Waals surface area contributed by atoms with Crippen LogP contribution >= 0.6 is 22.9 Å². The molecule has 1 aromatic carbocycles. The van der Waals surface area contributed by atoms with E-state index in [1.807, 2.05) is 24.3 Å². The summed E-state index contributed by atoms with van der Waals surface area (Å²) in [7, 11) is 0. The second-order valence-corrected chi connectivity index (χ2v) is 6.43. The van der Waals surface area contributed by atoms with Gasteiger partial charge in [-0.25, -0.2) is 0 Å². The van der Waals surface area contributed by atoms with Crippen LogP contribution in [0.4, 0.5) is 0 Å². The molecule has 1 unspecified atom stereocenters. The predicted molar refractivity (Wildman–Crippen MR) is 75.5 cm³/mol. The Kier molecular flexibility index (Phi) is 3.06. The molecular formula is C14H14ClNOS. The van der Waals surface area contributed by atoms with E-state index in [-0.39, 0.29) is 5.54 Å². The highest BCUT2D eigenvalue weighted by molar-refractivity contribution is 7.16.